The van der Waals surface area contributed by atoms with Crippen molar-refractivity contribution in [3.8, 4) is 0 Å². The van der Waals surface area contributed by atoms with Crippen LogP contribution in [0.2, 0.25) is 0 Å². The molecule has 1 amide bonds. The zero-order valence-electron chi connectivity index (χ0n) is 17.3. The third-order valence-corrected chi connectivity index (χ3v) is 6.53. The monoisotopic (exact) mass is 415 g/mol. The Hall–Kier alpha value is -2.38. The maximum absolute atomic E-state index is 12.6. The summed E-state index contributed by atoms with van der Waals surface area (Å²) in [6.45, 7) is 5.46. The zero-order chi connectivity index (χ0) is 21.0. The van der Waals surface area contributed by atoms with Gasteiger partial charge in [0.05, 0.1) is 11.9 Å². The molecule has 29 heavy (non-hydrogen) atoms. The Morgan fingerprint density at radius 2 is 1.93 bits per heavy atom. The Morgan fingerprint density at radius 1 is 1.21 bits per heavy atom. The van der Waals surface area contributed by atoms with Gasteiger partial charge >= 0.3 is 0 Å². The summed E-state index contributed by atoms with van der Waals surface area (Å²) in [7, 11) is -1.87. The molecule has 0 bridgehead atoms. The first-order valence-electron chi connectivity index (χ1n) is 9.89. The van der Waals surface area contributed by atoms with E-state index in [1.165, 1.54) is 29.8 Å². The highest BCUT2D eigenvalue weighted by Crippen LogP contribution is 2.21. The van der Waals surface area contributed by atoms with Crippen LogP contribution in [0, 0.1) is 5.92 Å². The highest BCUT2D eigenvalue weighted by molar-refractivity contribution is 7.92. The summed E-state index contributed by atoms with van der Waals surface area (Å²) in [5.74, 6) is 0.522. The molecule has 0 unspecified atom stereocenters. The van der Waals surface area contributed by atoms with Gasteiger partial charge in [-0.1, -0.05) is 25.1 Å². The van der Waals surface area contributed by atoms with Gasteiger partial charge < -0.3 is 5.32 Å². The van der Waals surface area contributed by atoms with Crippen LogP contribution < -0.4 is 9.62 Å². The Bertz CT molecular complexity index is 958. The molecule has 1 aliphatic rings. The molecule has 0 aromatic heterocycles. The van der Waals surface area contributed by atoms with Gasteiger partial charge in [0.2, 0.25) is 10.0 Å². The molecule has 6 nitrogen and oxygen atoms in total. The molecule has 1 heterocycles. The number of nitrogens with zero attached hydrogens (tertiary/aromatic N) is 2. The smallest absolute Gasteiger partial charge is 0.255 e. The molecule has 3 rings (SSSR count). The predicted octanol–water partition coefficient (Wildman–Crippen LogP) is 3.57. The molecule has 0 saturated carbocycles. The van der Waals surface area contributed by atoms with Crippen LogP contribution in [0.4, 0.5) is 11.4 Å². The van der Waals surface area contributed by atoms with Crippen molar-refractivity contribution in [3.63, 3.8) is 0 Å². The SMILES string of the molecule is C[C@@H]1CCCN(Cc2ccc(C(=O)Nc3cccc(N(C)S(C)(=O)=O)c3)cc2)C1. The van der Waals surface area contributed by atoms with Crippen LogP contribution in [0.25, 0.3) is 0 Å². The van der Waals surface area contributed by atoms with E-state index in [1.807, 2.05) is 24.3 Å². The fourth-order valence-corrected chi connectivity index (χ4v) is 4.12. The Kier molecular flexibility index (Phi) is 6.59. The first-order chi connectivity index (χ1) is 13.7. The lowest BCUT2D eigenvalue weighted by Gasteiger charge is -2.30. The number of rotatable bonds is 6. The lowest BCUT2D eigenvalue weighted by Crippen LogP contribution is -2.33. The Balaban J connectivity index is 1.64. The molecular weight excluding hydrogens is 386 g/mol. The molecule has 0 aliphatic carbocycles. The highest BCUT2D eigenvalue weighted by atomic mass is 32.2. The van der Waals surface area contributed by atoms with Crippen LogP contribution in [0.5, 0.6) is 0 Å². The number of nitrogens with one attached hydrogen (secondary N) is 1. The zero-order valence-corrected chi connectivity index (χ0v) is 18.1. The van der Waals surface area contributed by atoms with E-state index in [9.17, 15) is 13.2 Å². The lowest BCUT2D eigenvalue weighted by atomic mass is 9.99. The van der Waals surface area contributed by atoms with Gasteiger partial charge in [-0.2, -0.15) is 0 Å². The number of piperidine rings is 1. The van der Waals surface area contributed by atoms with Crippen LogP contribution in [0.3, 0.4) is 0 Å². The molecule has 156 valence electrons. The third-order valence-electron chi connectivity index (χ3n) is 5.33. The first-order valence-corrected chi connectivity index (χ1v) is 11.7. The minimum Gasteiger partial charge on any atom is -0.322 e. The predicted molar refractivity (Wildman–Crippen MR) is 118 cm³/mol. The lowest BCUT2D eigenvalue weighted by molar-refractivity contribution is 0.102. The number of carbonyl (C=O) groups excluding carboxylic acids is 1. The van der Waals surface area contributed by atoms with E-state index < -0.39 is 10.0 Å². The molecular formula is C22H29N3O3S. The summed E-state index contributed by atoms with van der Waals surface area (Å²) in [4.78, 5) is 15.0. The summed E-state index contributed by atoms with van der Waals surface area (Å²) in [6, 6.07) is 14.5. The number of anilines is 2. The molecule has 1 fully saturated rings. The van der Waals surface area contributed by atoms with E-state index >= 15 is 0 Å². The number of benzene rings is 2. The fourth-order valence-electron chi connectivity index (χ4n) is 3.62. The normalized spacial score (nSPS) is 17.7. The largest absolute Gasteiger partial charge is 0.322 e. The summed E-state index contributed by atoms with van der Waals surface area (Å²) >= 11 is 0. The Labute approximate surface area is 173 Å². The van der Waals surface area contributed by atoms with Crippen molar-refractivity contribution < 1.29 is 13.2 Å². The van der Waals surface area contributed by atoms with Gasteiger partial charge in [-0.05, 0) is 61.2 Å². The number of sulfonamides is 1. The average Bonchev–Trinajstić information content (AvgIpc) is 2.67. The average molecular weight is 416 g/mol. The van der Waals surface area contributed by atoms with Crippen LogP contribution in [-0.4, -0.2) is 45.6 Å². The van der Waals surface area contributed by atoms with Crippen molar-refractivity contribution in [2.45, 2.75) is 26.3 Å². The number of hydrogen-bond donors (Lipinski definition) is 1. The fraction of sp³-hybridized carbons (Fsp3) is 0.409. The van der Waals surface area contributed by atoms with Gasteiger partial charge in [0, 0.05) is 31.4 Å². The minimum absolute atomic E-state index is 0.220. The topological polar surface area (TPSA) is 69.7 Å². The summed E-state index contributed by atoms with van der Waals surface area (Å²) in [5.41, 5.74) is 2.82. The molecule has 2 aromatic carbocycles. The molecule has 0 radical (unpaired) electrons. The van der Waals surface area contributed by atoms with Crippen LogP contribution >= 0.6 is 0 Å². The van der Waals surface area contributed by atoms with Crippen LogP contribution in [0.1, 0.15) is 35.7 Å². The van der Waals surface area contributed by atoms with E-state index in [0.29, 0.717) is 16.9 Å². The van der Waals surface area contributed by atoms with E-state index in [0.717, 1.165) is 31.8 Å². The highest BCUT2D eigenvalue weighted by Gasteiger charge is 2.17. The Morgan fingerprint density at radius 3 is 2.59 bits per heavy atom. The van der Waals surface area contributed by atoms with E-state index in [4.69, 9.17) is 0 Å². The number of hydrogen-bond acceptors (Lipinski definition) is 4. The molecule has 1 saturated heterocycles. The first kappa shape index (κ1) is 21.3. The second-order valence-electron chi connectivity index (χ2n) is 7.91. The summed E-state index contributed by atoms with van der Waals surface area (Å²) < 4.78 is 24.6. The molecule has 1 atom stereocenters. The van der Waals surface area contributed by atoms with Crippen molar-refractivity contribution >= 4 is 27.3 Å². The molecule has 7 heteroatoms. The van der Waals surface area contributed by atoms with Crippen molar-refractivity contribution in [2.24, 2.45) is 5.92 Å². The van der Waals surface area contributed by atoms with Crippen molar-refractivity contribution in [3.05, 3.63) is 59.7 Å². The van der Waals surface area contributed by atoms with Crippen molar-refractivity contribution in [2.75, 3.05) is 36.0 Å². The quantitative estimate of drug-likeness (QED) is 0.783. The van der Waals surface area contributed by atoms with Gasteiger partial charge in [0.1, 0.15) is 0 Å². The summed E-state index contributed by atoms with van der Waals surface area (Å²) in [6.07, 6.45) is 3.69. The van der Waals surface area contributed by atoms with Crippen LogP contribution in [-0.2, 0) is 16.6 Å². The van der Waals surface area contributed by atoms with Gasteiger partial charge in [-0.15, -0.1) is 0 Å². The third kappa shape index (κ3) is 5.81. The molecule has 1 N–H and O–H groups in total. The minimum atomic E-state index is -3.36. The summed E-state index contributed by atoms with van der Waals surface area (Å²) in [5, 5.41) is 2.84. The van der Waals surface area contributed by atoms with Crippen molar-refractivity contribution in [1.29, 1.82) is 0 Å². The second-order valence-corrected chi connectivity index (χ2v) is 9.93. The maximum Gasteiger partial charge on any atom is 0.255 e. The van der Waals surface area contributed by atoms with Crippen LogP contribution in [0.15, 0.2) is 48.5 Å². The van der Waals surface area contributed by atoms with Gasteiger partial charge in [-0.3, -0.25) is 14.0 Å². The van der Waals surface area contributed by atoms with Gasteiger partial charge in [0.15, 0.2) is 0 Å². The van der Waals surface area contributed by atoms with Gasteiger partial charge in [-0.25, -0.2) is 8.42 Å². The van der Waals surface area contributed by atoms with E-state index in [1.54, 1.807) is 24.3 Å². The number of amides is 1. The maximum atomic E-state index is 12.6. The molecule has 0 spiro atoms. The van der Waals surface area contributed by atoms with Gasteiger partial charge in [0.25, 0.3) is 5.91 Å². The number of carbonyl (C=O) groups is 1. The van der Waals surface area contributed by atoms with Crippen molar-refractivity contribution in [1.82, 2.24) is 4.90 Å². The number of likely N-dealkylation sites (tertiary alicyclic amines) is 1. The van der Waals surface area contributed by atoms with E-state index in [-0.39, 0.29) is 5.91 Å². The molecule has 2 aromatic rings. The standard InChI is InChI=1S/C22H29N3O3S/c1-17-6-5-13-25(15-17)16-18-9-11-19(12-10-18)22(26)23-20-7-4-8-21(14-20)24(2)29(3,27)28/h4,7-12,14,17H,5-6,13,15-16H2,1-3H3,(H,23,26)/t17-/m1/s1. The molecule has 1 aliphatic heterocycles. The second kappa shape index (κ2) is 8.97. The van der Waals surface area contributed by atoms with E-state index in [2.05, 4.69) is 17.1 Å².